The van der Waals surface area contributed by atoms with E-state index in [4.69, 9.17) is 14.9 Å². The lowest BCUT2D eigenvalue weighted by Crippen LogP contribution is -2.18. The normalized spacial score (nSPS) is 9.68. The maximum atomic E-state index is 11.8. The number of esters is 2. The first kappa shape index (κ1) is 16.9. The molecule has 0 aromatic heterocycles. The van der Waals surface area contributed by atoms with Gasteiger partial charge in [0.25, 0.3) is 0 Å². The van der Waals surface area contributed by atoms with E-state index in [2.05, 4.69) is 11.3 Å². The maximum absolute atomic E-state index is 11.8. The number of hydrogen-bond acceptors (Lipinski definition) is 6. The van der Waals surface area contributed by atoms with E-state index in [9.17, 15) is 19.2 Å². The van der Waals surface area contributed by atoms with Crippen LogP contribution in [0.3, 0.4) is 0 Å². The molecule has 0 atom stereocenters. The van der Waals surface area contributed by atoms with E-state index in [0.717, 1.165) is 13.2 Å². The van der Waals surface area contributed by atoms with Crippen LogP contribution in [-0.2, 0) is 9.47 Å². The Kier molecular flexibility index (Phi) is 5.39. The number of benzene rings is 1. The number of carbonyl (C=O) groups is 4. The second-order valence-electron chi connectivity index (χ2n) is 3.93. The summed E-state index contributed by atoms with van der Waals surface area (Å²) in [6.45, 7) is 3.16. The van der Waals surface area contributed by atoms with Gasteiger partial charge in [0.15, 0.2) is 0 Å². The SMILES string of the molecule is C=CCOC(=O)c1cc(C(=O)OC)c(C(=O)O)cc1C(=O)O. The maximum Gasteiger partial charge on any atom is 0.339 e. The molecule has 22 heavy (non-hydrogen) atoms. The first-order valence-electron chi connectivity index (χ1n) is 5.84. The van der Waals surface area contributed by atoms with Gasteiger partial charge in [-0.15, -0.1) is 0 Å². The number of ether oxygens (including phenoxy) is 2. The molecular formula is C14H12O8. The number of hydrogen-bond donors (Lipinski definition) is 2. The molecule has 1 rings (SSSR count). The van der Waals surface area contributed by atoms with E-state index in [1.54, 1.807) is 0 Å². The van der Waals surface area contributed by atoms with Crippen molar-refractivity contribution in [2.45, 2.75) is 0 Å². The van der Waals surface area contributed by atoms with Gasteiger partial charge in [-0.05, 0) is 12.1 Å². The third-order valence-electron chi connectivity index (χ3n) is 2.58. The van der Waals surface area contributed by atoms with Crippen LogP contribution in [0.2, 0.25) is 0 Å². The van der Waals surface area contributed by atoms with Crippen LogP contribution >= 0.6 is 0 Å². The molecule has 0 bridgehead atoms. The molecule has 0 heterocycles. The highest BCUT2D eigenvalue weighted by Crippen LogP contribution is 2.20. The van der Waals surface area contributed by atoms with Gasteiger partial charge in [0.1, 0.15) is 6.61 Å². The third-order valence-corrected chi connectivity index (χ3v) is 2.58. The minimum absolute atomic E-state index is 0.174. The Balaban J connectivity index is 3.56. The van der Waals surface area contributed by atoms with Crippen LogP contribution in [-0.4, -0.2) is 47.8 Å². The molecule has 0 saturated heterocycles. The average Bonchev–Trinajstić information content (AvgIpc) is 2.50. The summed E-state index contributed by atoms with van der Waals surface area (Å²) in [5.41, 5.74) is -2.10. The van der Waals surface area contributed by atoms with Crippen LogP contribution in [0.15, 0.2) is 24.8 Å². The van der Waals surface area contributed by atoms with Gasteiger partial charge in [-0.1, -0.05) is 12.7 Å². The number of carboxylic acids is 2. The molecule has 0 aliphatic rings. The van der Waals surface area contributed by atoms with E-state index in [0.29, 0.717) is 6.07 Å². The Bertz CT molecular complexity index is 659. The quantitative estimate of drug-likeness (QED) is 0.593. The van der Waals surface area contributed by atoms with Crippen molar-refractivity contribution >= 4 is 23.9 Å². The molecule has 0 unspecified atom stereocenters. The molecule has 0 saturated carbocycles. The number of methoxy groups -OCH3 is 1. The fourth-order valence-corrected chi connectivity index (χ4v) is 1.61. The molecule has 116 valence electrons. The van der Waals surface area contributed by atoms with Crippen molar-refractivity contribution in [3.63, 3.8) is 0 Å². The van der Waals surface area contributed by atoms with Gasteiger partial charge in [0.2, 0.25) is 0 Å². The van der Waals surface area contributed by atoms with E-state index in [-0.39, 0.29) is 6.61 Å². The van der Waals surface area contributed by atoms with Crippen LogP contribution in [0.1, 0.15) is 41.4 Å². The standard InChI is InChI=1S/C14H12O8/c1-3-4-22-14(20)10-6-9(13(19)21-2)7(11(15)16)5-8(10)12(17)18/h3,5-6H,1,4H2,2H3,(H,15,16)(H,17,18). The predicted octanol–water partition coefficient (Wildman–Crippen LogP) is 1.21. The summed E-state index contributed by atoms with van der Waals surface area (Å²) in [5.74, 6) is -5.12. The van der Waals surface area contributed by atoms with Crippen molar-refractivity contribution in [3.8, 4) is 0 Å². The molecule has 8 heteroatoms. The van der Waals surface area contributed by atoms with E-state index < -0.39 is 46.1 Å². The highest BCUT2D eigenvalue weighted by molar-refractivity contribution is 6.09. The lowest BCUT2D eigenvalue weighted by molar-refractivity contribution is 0.0533. The second-order valence-corrected chi connectivity index (χ2v) is 3.93. The summed E-state index contributed by atoms with van der Waals surface area (Å²) >= 11 is 0. The molecule has 8 nitrogen and oxygen atoms in total. The van der Waals surface area contributed by atoms with Gasteiger partial charge >= 0.3 is 23.9 Å². The van der Waals surface area contributed by atoms with Gasteiger partial charge in [0, 0.05) is 0 Å². The molecule has 1 aromatic rings. The van der Waals surface area contributed by atoms with Gasteiger partial charge in [-0.2, -0.15) is 0 Å². The number of carboxylic acid groups (broad SMARTS) is 2. The molecular weight excluding hydrogens is 296 g/mol. The molecule has 0 fully saturated rings. The topological polar surface area (TPSA) is 127 Å². The Morgan fingerprint density at radius 2 is 1.45 bits per heavy atom. The predicted molar refractivity (Wildman–Crippen MR) is 72.2 cm³/mol. The first-order chi connectivity index (χ1) is 10.3. The fraction of sp³-hybridized carbons (Fsp3) is 0.143. The molecule has 0 spiro atoms. The Hall–Kier alpha value is -3.16. The van der Waals surface area contributed by atoms with Gasteiger partial charge < -0.3 is 19.7 Å². The zero-order chi connectivity index (χ0) is 16.9. The van der Waals surface area contributed by atoms with Gasteiger partial charge in [0.05, 0.1) is 29.4 Å². The summed E-state index contributed by atoms with van der Waals surface area (Å²) in [4.78, 5) is 45.8. The van der Waals surface area contributed by atoms with E-state index >= 15 is 0 Å². The van der Waals surface area contributed by atoms with Crippen molar-refractivity contribution in [2.24, 2.45) is 0 Å². The minimum Gasteiger partial charge on any atom is -0.478 e. The largest absolute Gasteiger partial charge is 0.478 e. The van der Waals surface area contributed by atoms with Crippen LogP contribution in [0.25, 0.3) is 0 Å². The first-order valence-corrected chi connectivity index (χ1v) is 5.84. The summed E-state index contributed by atoms with van der Waals surface area (Å²) in [6.07, 6.45) is 1.27. The highest BCUT2D eigenvalue weighted by Gasteiger charge is 2.26. The molecule has 0 aliphatic heterocycles. The summed E-state index contributed by atoms with van der Waals surface area (Å²) in [7, 11) is 1.02. The number of carbonyl (C=O) groups excluding carboxylic acids is 2. The summed E-state index contributed by atoms with van der Waals surface area (Å²) < 4.78 is 9.14. The van der Waals surface area contributed by atoms with Crippen LogP contribution in [0, 0.1) is 0 Å². The van der Waals surface area contributed by atoms with Crippen molar-refractivity contribution in [1.29, 1.82) is 0 Å². The highest BCUT2D eigenvalue weighted by atomic mass is 16.5. The Labute approximate surface area is 124 Å². The number of aromatic carboxylic acids is 2. The average molecular weight is 308 g/mol. The van der Waals surface area contributed by atoms with Crippen molar-refractivity contribution in [1.82, 2.24) is 0 Å². The monoisotopic (exact) mass is 308 g/mol. The third kappa shape index (κ3) is 3.48. The minimum atomic E-state index is -1.54. The molecule has 0 aliphatic carbocycles. The summed E-state index contributed by atoms with van der Waals surface area (Å²) in [5, 5.41) is 18.2. The lowest BCUT2D eigenvalue weighted by atomic mass is 9.98. The lowest BCUT2D eigenvalue weighted by Gasteiger charge is -2.10. The number of rotatable bonds is 6. The molecule has 0 radical (unpaired) electrons. The van der Waals surface area contributed by atoms with Crippen LogP contribution in [0.4, 0.5) is 0 Å². The van der Waals surface area contributed by atoms with Crippen LogP contribution < -0.4 is 0 Å². The smallest absolute Gasteiger partial charge is 0.339 e. The second kappa shape index (κ2) is 7.02. The van der Waals surface area contributed by atoms with Gasteiger partial charge in [-0.3, -0.25) is 0 Å². The van der Waals surface area contributed by atoms with Crippen molar-refractivity contribution in [3.05, 3.63) is 47.0 Å². The fourth-order valence-electron chi connectivity index (χ4n) is 1.61. The van der Waals surface area contributed by atoms with Crippen LogP contribution in [0.5, 0.6) is 0 Å². The molecule has 1 aromatic carbocycles. The van der Waals surface area contributed by atoms with Gasteiger partial charge in [-0.25, -0.2) is 19.2 Å². The Morgan fingerprint density at radius 1 is 1.00 bits per heavy atom. The summed E-state index contributed by atoms with van der Waals surface area (Å²) in [6, 6.07) is 1.53. The molecule has 0 amide bonds. The van der Waals surface area contributed by atoms with E-state index in [1.165, 1.54) is 6.08 Å². The van der Waals surface area contributed by atoms with E-state index in [1.807, 2.05) is 0 Å². The van der Waals surface area contributed by atoms with Crippen molar-refractivity contribution < 1.29 is 38.9 Å². The Morgan fingerprint density at radius 3 is 1.86 bits per heavy atom. The zero-order valence-electron chi connectivity index (χ0n) is 11.5. The zero-order valence-corrected chi connectivity index (χ0v) is 11.5. The molecule has 2 N–H and O–H groups in total. The van der Waals surface area contributed by atoms with Crippen molar-refractivity contribution in [2.75, 3.05) is 13.7 Å².